The van der Waals surface area contributed by atoms with Crippen molar-refractivity contribution >= 4 is 6.03 Å². The van der Waals surface area contributed by atoms with Crippen molar-refractivity contribution in [3.8, 4) is 0 Å². The highest BCUT2D eigenvalue weighted by molar-refractivity contribution is 5.75. The smallest absolute Gasteiger partial charge is 0.318 e. The van der Waals surface area contributed by atoms with Crippen LogP contribution >= 0.6 is 0 Å². The molecule has 1 spiro atoms. The highest BCUT2D eigenvalue weighted by atomic mass is 16.5. The van der Waals surface area contributed by atoms with Crippen LogP contribution in [0.4, 0.5) is 4.79 Å². The number of hydrogen-bond donors (Lipinski definition) is 1. The van der Waals surface area contributed by atoms with E-state index in [9.17, 15) is 4.79 Å². The molecule has 1 aromatic heterocycles. The maximum Gasteiger partial charge on any atom is 0.318 e. The number of nitrogens with one attached hydrogen (secondary N) is 1. The second kappa shape index (κ2) is 5.61. The number of urea groups is 1. The summed E-state index contributed by atoms with van der Waals surface area (Å²) in [7, 11) is 0. The van der Waals surface area contributed by atoms with Gasteiger partial charge in [0.2, 0.25) is 0 Å². The Kier molecular flexibility index (Phi) is 3.60. The number of carbonyl (C=O) groups excluding carboxylic acids is 1. The summed E-state index contributed by atoms with van der Waals surface area (Å²) >= 11 is 0. The number of rotatable bonds is 4. The van der Waals surface area contributed by atoms with E-state index in [2.05, 4.69) is 5.32 Å². The summed E-state index contributed by atoms with van der Waals surface area (Å²) in [6, 6.07) is 2.76. The molecule has 1 aromatic rings. The summed E-state index contributed by atoms with van der Waals surface area (Å²) in [6.45, 7) is 2.49. The predicted molar refractivity (Wildman–Crippen MR) is 81.3 cm³/mol. The fraction of sp³-hybridized carbons (Fsp3) is 0.706. The largest absolute Gasteiger partial charge is 0.472 e. The lowest BCUT2D eigenvalue weighted by atomic mass is 9.71. The number of nitrogens with zero attached hydrogens (tertiary/aromatic N) is 1. The van der Waals surface area contributed by atoms with E-state index in [1.807, 2.05) is 11.0 Å². The van der Waals surface area contributed by atoms with E-state index in [0.29, 0.717) is 24.0 Å². The molecule has 0 radical (unpaired) electrons. The molecule has 1 N–H and O–H groups in total. The molecule has 2 aliphatic carbocycles. The number of amides is 2. The molecule has 1 saturated heterocycles. The molecule has 5 nitrogen and oxygen atoms in total. The van der Waals surface area contributed by atoms with Crippen molar-refractivity contribution in [2.45, 2.75) is 57.2 Å². The molecule has 120 valence electrons. The average Bonchev–Trinajstić information content (AvgIpc) is 3.20. The topological polar surface area (TPSA) is 54.7 Å². The lowest BCUT2D eigenvalue weighted by Crippen LogP contribution is -2.51. The van der Waals surface area contributed by atoms with Crippen LogP contribution in [0.1, 0.15) is 44.1 Å². The van der Waals surface area contributed by atoms with Crippen molar-refractivity contribution in [2.75, 3.05) is 13.2 Å². The molecular weight excluding hydrogens is 280 g/mol. The second-order valence-electron chi connectivity index (χ2n) is 7.21. The lowest BCUT2D eigenvalue weighted by Gasteiger charge is -2.46. The van der Waals surface area contributed by atoms with Crippen LogP contribution in [0.15, 0.2) is 23.0 Å². The summed E-state index contributed by atoms with van der Waals surface area (Å²) in [6.07, 6.45) is 10.2. The summed E-state index contributed by atoms with van der Waals surface area (Å²) in [5, 5.41) is 3.25. The average molecular weight is 304 g/mol. The van der Waals surface area contributed by atoms with Crippen LogP contribution in [0, 0.1) is 5.41 Å². The van der Waals surface area contributed by atoms with Gasteiger partial charge >= 0.3 is 6.03 Å². The van der Waals surface area contributed by atoms with E-state index in [-0.39, 0.29) is 6.03 Å². The Balaban J connectivity index is 1.32. The molecule has 3 aliphatic rings. The predicted octanol–water partition coefficient (Wildman–Crippen LogP) is 2.91. The van der Waals surface area contributed by atoms with Crippen LogP contribution in [-0.2, 0) is 11.3 Å². The normalized spacial score (nSPS) is 24.0. The molecule has 3 fully saturated rings. The zero-order valence-electron chi connectivity index (χ0n) is 12.9. The fourth-order valence-corrected chi connectivity index (χ4v) is 3.64. The van der Waals surface area contributed by atoms with Gasteiger partial charge in [0, 0.05) is 23.1 Å². The molecule has 2 saturated carbocycles. The van der Waals surface area contributed by atoms with Crippen LogP contribution in [0.2, 0.25) is 0 Å². The number of furan rings is 1. The minimum atomic E-state index is 0.0921. The van der Waals surface area contributed by atoms with Gasteiger partial charge in [0.1, 0.15) is 0 Å². The van der Waals surface area contributed by atoms with E-state index < -0.39 is 0 Å². The Bertz CT molecular complexity index is 510. The molecule has 0 atom stereocenters. The van der Waals surface area contributed by atoms with Gasteiger partial charge < -0.3 is 19.4 Å². The van der Waals surface area contributed by atoms with Gasteiger partial charge in [0.05, 0.1) is 32.3 Å². The SMILES string of the molecule is O=C(NC1CCC2(CC1)COC2)N(Cc1ccoc1)C1CC1. The number of carbonyl (C=O) groups is 1. The summed E-state index contributed by atoms with van der Waals surface area (Å²) in [5.41, 5.74) is 1.50. The van der Waals surface area contributed by atoms with Crippen LogP contribution in [0.3, 0.4) is 0 Å². The van der Waals surface area contributed by atoms with E-state index in [0.717, 1.165) is 44.5 Å². The molecule has 2 amide bonds. The Morgan fingerprint density at radius 3 is 2.59 bits per heavy atom. The lowest BCUT2D eigenvalue weighted by molar-refractivity contribution is -0.133. The molecule has 2 heterocycles. The summed E-state index contributed by atoms with van der Waals surface area (Å²) in [5.74, 6) is 0. The van der Waals surface area contributed by atoms with Gasteiger partial charge in [-0.05, 0) is 44.6 Å². The van der Waals surface area contributed by atoms with Crippen molar-refractivity contribution in [3.05, 3.63) is 24.2 Å². The van der Waals surface area contributed by atoms with Gasteiger partial charge in [-0.15, -0.1) is 0 Å². The third-order valence-electron chi connectivity index (χ3n) is 5.37. The zero-order chi connectivity index (χ0) is 15.0. The Labute approximate surface area is 131 Å². The monoisotopic (exact) mass is 304 g/mol. The quantitative estimate of drug-likeness (QED) is 0.930. The van der Waals surface area contributed by atoms with Crippen molar-refractivity contribution in [2.24, 2.45) is 5.41 Å². The van der Waals surface area contributed by atoms with E-state index in [1.54, 1.807) is 12.5 Å². The Morgan fingerprint density at radius 1 is 1.27 bits per heavy atom. The Morgan fingerprint density at radius 2 is 2.05 bits per heavy atom. The van der Waals surface area contributed by atoms with Crippen molar-refractivity contribution < 1.29 is 13.9 Å². The van der Waals surface area contributed by atoms with Gasteiger partial charge in [0.15, 0.2) is 0 Å². The molecule has 0 aromatic carbocycles. The fourth-order valence-electron chi connectivity index (χ4n) is 3.64. The molecule has 1 aliphatic heterocycles. The first-order chi connectivity index (χ1) is 10.7. The van der Waals surface area contributed by atoms with Gasteiger partial charge in [-0.1, -0.05) is 0 Å². The minimum absolute atomic E-state index is 0.0921. The zero-order valence-corrected chi connectivity index (χ0v) is 12.9. The van der Waals surface area contributed by atoms with Crippen molar-refractivity contribution in [3.63, 3.8) is 0 Å². The molecule has 0 bridgehead atoms. The molecule has 4 rings (SSSR count). The van der Waals surface area contributed by atoms with E-state index in [4.69, 9.17) is 9.15 Å². The highest BCUT2D eigenvalue weighted by Crippen LogP contribution is 2.42. The van der Waals surface area contributed by atoms with Gasteiger partial charge in [-0.2, -0.15) is 0 Å². The van der Waals surface area contributed by atoms with E-state index in [1.165, 1.54) is 12.8 Å². The first-order valence-corrected chi connectivity index (χ1v) is 8.40. The molecular formula is C17H24N2O3. The van der Waals surface area contributed by atoms with Crippen molar-refractivity contribution in [1.29, 1.82) is 0 Å². The third kappa shape index (κ3) is 2.86. The number of ether oxygens (including phenoxy) is 1. The van der Waals surface area contributed by atoms with Crippen LogP contribution in [-0.4, -0.2) is 36.2 Å². The second-order valence-corrected chi connectivity index (χ2v) is 7.21. The molecule has 22 heavy (non-hydrogen) atoms. The third-order valence-corrected chi connectivity index (χ3v) is 5.37. The first-order valence-electron chi connectivity index (χ1n) is 8.40. The van der Waals surface area contributed by atoms with Gasteiger partial charge in [0.25, 0.3) is 0 Å². The highest BCUT2D eigenvalue weighted by Gasteiger charge is 2.42. The van der Waals surface area contributed by atoms with Crippen molar-refractivity contribution in [1.82, 2.24) is 10.2 Å². The first kappa shape index (κ1) is 14.1. The maximum absolute atomic E-state index is 12.6. The summed E-state index contributed by atoms with van der Waals surface area (Å²) in [4.78, 5) is 14.6. The maximum atomic E-state index is 12.6. The minimum Gasteiger partial charge on any atom is -0.472 e. The molecule has 5 heteroatoms. The number of hydrogen-bond acceptors (Lipinski definition) is 3. The van der Waals surface area contributed by atoms with Gasteiger partial charge in [-0.3, -0.25) is 0 Å². The standard InChI is InChI=1S/C17H24N2O3/c20-16(18-14-3-6-17(7-4-14)11-22-12-17)19(15-1-2-15)9-13-5-8-21-10-13/h5,8,10,14-15H,1-4,6-7,9,11-12H2,(H,18,20). The van der Waals surface area contributed by atoms with Gasteiger partial charge in [-0.25, -0.2) is 4.79 Å². The summed E-state index contributed by atoms with van der Waals surface area (Å²) < 4.78 is 10.5. The van der Waals surface area contributed by atoms with Crippen LogP contribution in [0.25, 0.3) is 0 Å². The Hall–Kier alpha value is -1.49. The molecule has 0 unspecified atom stereocenters. The van der Waals surface area contributed by atoms with E-state index >= 15 is 0 Å². The van der Waals surface area contributed by atoms with Crippen LogP contribution in [0.5, 0.6) is 0 Å². The van der Waals surface area contributed by atoms with Crippen LogP contribution < -0.4 is 5.32 Å².